The Morgan fingerprint density at radius 1 is 0.971 bits per heavy atom. The quantitative estimate of drug-likeness (QED) is 0.407. The van der Waals surface area contributed by atoms with Crippen molar-refractivity contribution in [2.24, 2.45) is 56.7 Å². The maximum absolute atomic E-state index is 12.9. The summed E-state index contributed by atoms with van der Waals surface area (Å²) in [6, 6.07) is 0. The largest absolute Gasteiger partial charge is 0.481 e. The molecule has 5 saturated carbocycles. The summed E-state index contributed by atoms with van der Waals surface area (Å²) in [5.74, 6) is 2.07. The molecule has 0 saturated heterocycles. The van der Waals surface area contributed by atoms with Gasteiger partial charge in [-0.15, -0.1) is 0 Å². The smallest absolute Gasteiger partial charge is 0.310 e. The van der Waals surface area contributed by atoms with Gasteiger partial charge in [-0.05, 0) is 116 Å². The molecule has 0 aliphatic heterocycles. The van der Waals surface area contributed by atoms with Gasteiger partial charge in [-0.25, -0.2) is 0 Å². The number of carbonyl (C=O) groups is 2. The minimum Gasteiger partial charge on any atom is -0.481 e. The third kappa shape index (κ3) is 2.88. The number of Topliss-reactive ketones (excluding diaryl/α,β-unsaturated/α-hetero) is 1. The monoisotopic (exact) mass is 468 g/mol. The van der Waals surface area contributed by atoms with Crippen LogP contribution in [0.4, 0.5) is 0 Å². The molecule has 0 aromatic rings. The number of ketones is 1. The molecule has 5 rings (SSSR count). The average molecular weight is 469 g/mol. The second-order valence-electron chi connectivity index (χ2n) is 14.5. The number of aliphatic carboxylic acids is 1. The number of hydrogen-bond donors (Lipinski definition) is 1. The van der Waals surface area contributed by atoms with Gasteiger partial charge in [0.05, 0.1) is 5.92 Å². The van der Waals surface area contributed by atoms with Crippen molar-refractivity contribution in [3.05, 3.63) is 12.2 Å². The molecule has 0 heterocycles. The van der Waals surface area contributed by atoms with Crippen molar-refractivity contribution in [2.45, 2.75) is 112 Å². The highest BCUT2D eigenvalue weighted by Crippen LogP contribution is 2.88. The molecule has 0 radical (unpaired) electrons. The van der Waals surface area contributed by atoms with Crippen molar-refractivity contribution in [3.8, 4) is 0 Å². The highest BCUT2D eigenvalue weighted by molar-refractivity contribution is 5.86. The zero-order chi connectivity index (χ0) is 24.9. The topological polar surface area (TPSA) is 54.4 Å². The summed E-state index contributed by atoms with van der Waals surface area (Å²) in [4.78, 5) is 24.2. The number of carboxylic acid groups (broad SMARTS) is 1. The molecule has 0 aromatic carbocycles. The van der Waals surface area contributed by atoms with E-state index in [0.29, 0.717) is 39.3 Å². The highest BCUT2D eigenvalue weighted by Gasteiger charge is 2.82. The Labute approximate surface area is 207 Å². The predicted molar refractivity (Wildman–Crippen MR) is 136 cm³/mol. The van der Waals surface area contributed by atoms with Crippen LogP contribution in [-0.4, -0.2) is 16.9 Å². The molecule has 5 aliphatic carbocycles. The SMILES string of the molecule is C=C(CC[C@H](C)[C@H]1CC[C@@]2(C)[C@@H]3CC[C@H]4C(C)(C)C(=O)CC[C@@]45C[C@@]35CC[C@]12C)[C@@H](C)C(=O)O. The first-order valence-electron chi connectivity index (χ1n) is 14.2. The van der Waals surface area contributed by atoms with E-state index in [-0.39, 0.29) is 5.41 Å². The van der Waals surface area contributed by atoms with Crippen molar-refractivity contribution in [1.29, 1.82) is 0 Å². The fraction of sp³-hybridized carbons (Fsp3) is 0.871. The van der Waals surface area contributed by atoms with E-state index in [1.54, 1.807) is 6.92 Å². The van der Waals surface area contributed by atoms with Crippen molar-refractivity contribution in [2.75, 3.05) is 0 Å². The lowest BCUT2D eigenvalue weighted by molar-refractivity contribution is -0.157. The third-order valence-electron chi connectivity index (χ3n) is 13.5. The Morgan fingerprint density at radius 2 is 1.62 bits per heavy atom. The van der Waals surface area contributed by atoms with Crippen LogP contribution in [-0.2, 0) is 9.59 Å². The molecule has 0 bridgehead atoms. The second kappa shape index (κ2) is 7.45. The van der Waals surface area contributed by atoms with Gasteiger partial charge < -0.3 is 5.11 Å². The van der Waals surface area contributed by atoms with Gasteiger partial charge >= 0.3 is 5.97 Å². The fourth-order valence-corrected chi connectivity index (χ4v) is 11.1. The second-order valence-corrected chi connectivity index (χ2v) is 14.5. The Kier molecular flexibility index (Phi) is 5.38. The van der Waals surface area contributed by atoms with E-state index in [9.17, 15) is 14.7 Å². The molecule has 5 aliphatic rings. The summed E-state index contributed by atoms with van der Waals surface area (Å²) >= 11 is 0. The van der Waals surface area contributed by atoms with Crippen molar-refractivity contribution in [3.63, 3.8) is 0 Å². The molecule has 2 spiro atoms. The van der Waals surface area contributed by atoms with Crippen LogP contribution in [0.2, 0.25) is 0 Å². The molecular formula is C31H48O3. The summed E-state index contributed by atoms with van der Waals surface area (Å²) in [6.45, 7) is 18.1. The Morgan fingerprint density at radius 3 is 2.29 bits per heavy atom. The Balaban J connectivity index is 1.35. The summed E-state index contributed by atoms with van der Waals surface area (Å²) in [5, 5.41) is 9.35. The Hall–Kier alpha value is -1.12. The van der Waals surface area contributed by atoms with E-state index in [0.717, 1.165) is 43.1 Å². The molecule has 5 fully saturated rings. The van der Waals surface area contributed by atoms with Crippen LogP contribution in [0.3, 0.4) is 0 Å². The molecule has 0 aromatic heterocycles. The molecule has 9 atom stereocenters. The normalized spacial score (nSPS) is 48.1. The van der Waals surface area contributed by atoms with Gasteiger partial charge in [-0.3, -0.25) is 9.59 Å². The van der Waals surface area contributed by atoms with Gasteiger partial charge in [0.1, 0.15) is 5.78 Å². The number of hydrogen-bond acceptors (Lipinski definition) is 2. The summed E-state index contributed by atoms with van der Waals surface area (Å²) in [7, 11) is 0. The van der Waals surface area contributed by atoms with Gasteiger partial charge in [0.2, 0.25) is 0 Å². The maximum atomic E-state index is 12.9. The minimum absolute atomic E-state index is 0.128. The molecule has 3 heteroatoms. The van der Waals surface area contributed by atoms with E-state index in [2.05, 4.69) is 41.2 Å². The van der Waals surface area contributed by atoms with Gasteiger partial charge in [-0.1, -0.05) is 46.8 Å². The molecule has 0 unspecified atom stereocenters. The summed E-state index contributed by atoms with van der Waals surface area (Å²) in [5.41, 5.74) is 2.48. The lowest BCUT2D eigenvalue weighted by Gasteiger charge is -2.62. The third-order valence-corrected chi connectivity index (χ3v) is 13.5. The van der Waals surface area contributed by atoms with Crippen LogP contribution in [0.15, 0.2) is 12.2 Å². The molecule has 34 heavy (non-hydrogen) atoms. The van der Waals surface area contributed by atoms with Gasteiger partial charge in [0.25, 0.3) is 0 Å². The van der Waals surface area contributed by atoms with E-state index in [1.165, 1.54) is 44.9 Å². The number of carboxylic acids is 1. The molecule has 0 amide bonds. The van der Waals surface area contributed by atoms with Crippen LogP contribution in [0, 0.1) is 56.7 Å². The summed E-state index contributed by atoms with van der Waals surface area (Å²) < 4.78 is 0. The van der Waals surface area contributed by atoms with Crippen LogP contribution < -0.4 is 0 Å². The van der Waals surface area contributed by atoms with Gasteiger partial charge in [-0.2, -0.15) is 0 Å². The average Bonchev–Trinajstić information content (AvgIpc) is 3.36. The zero-order valence-electron chi connectivity index (χ0n) is 22.6. The molecule has 3 nitrogen and oxygen atoms in total. The Bertz CT molecular complexity index is 918. The zero-order valence-corrected chi connectivity index (χ0v) is 22.6. The first kappa shape index (κ1) is 24.6. The molecule has 190 valence electrons. The minimum atomic E-state index is -0.753. The lowest BCUT2D eigenvalue weighted by Crippen LogP contribution is -2.57. The number of rotatable bonds is 6. The van der Waals surface area contributed by atoms with Crippen LogP contribution in [0.1, 0.15) is 112 Å². The van der Waals surface area contributed by atoms with E-state index in [4.69, 9.17) is 0 Å². The first-order valence-corrected chi connectivity index (χ1v) is 14.2. The van der Waals surface area contributed by atoms with Crippen LogP contribution in [0.5, 0.6) is 0 Å². The maximum Gasteiger partial charge on any atom is 0.310 e. The first-order chi connectivity index (χ1) is 15.8. The van der Waals surface area contributed by atoms with Gasteiger partial charge in [0.15, 0.2) is 0 Å². The van der Waals surface area contributed by atoms with Crippen molar-refractivity contribution < 1.29 is 14.7 Å². The predicted octanol–water partition coefficient (Wildman–Crippen LogP) is 7.69. The summed E-state index contributed by atoms with van der Waals surface area (Å²) in [6.07, 6.45) is 13.2. The van der Waals surface area contributed by atoms with Crippen molar-refractivity contribution >= 4 is 11.8 Å². The fourth-order valence-electron chi connectivity index (χ4n) is 11.1. The van der Waals surface area contributed by atoms with Crippen molar-refractivity contribution in [1.82, 2.24) is 0 Å². The number of fused-ring (bicyclic) bond motifs is 2. The number of carbonyl (C=O) groups excluding carboxylic acids is 1. The van der Waals surface area contributed by atoms with Crippen LogP contribution >= 0.6 is 0 Å². The highest BCUT2D eigenvalue weighted by atomic mass is 16.4. The molecular weight excluding hydrogens is 420 g/mol. The van der Waals surface area contributed by atoms with Gasteiger partial charge in [0, 0.05) is 11.8 Å². The van der Waals surface area contributed by atoms with E-state index >= 15 is 0 Å². The van der Waals surface area contributed by atoms with Crippen LogP contribution in [0.25, 0.3) is 0 Å². The lowest BCUT2D eigenvalue weighted by atomic mass is 9.42. The van der Waals surface area contributed by atoms with E-state index in [1.807, 2.05) is 0 Å². The molecule has 1 N–H and O–H groups in total. The standard InChI is InChI=1S/C31H48O3/c1-19(21(3)26(33)34)8-9-20(2)22-12-14-29(7)24-11-10-23-27(4,5)25(32)13-15-30(23)18-31(24,30)17-16-28(22,29)6/h20-24H,1,8-18H2,2-7H3,(H,33,34)/t20-,21+,22+,23-,24-,28+,29-,30+,31-/m0/s1. The van der Waals surface area contributed by atoms with E-state index < -0.39 is 11.9 Å².